The Kier molecular flexibility index (Phi) is 2.64. The SMILES string of the molecule is O=S1(=O)CCC(n2ncc(O)c2Cl)CC1. The number of hydrogen-bond acceptors (Lipinski definition) is 4. The van der Waals surface area contributed by atoms with Crippen LogP contribution in [0.25, 0.3) is 0 Å². The largest absolute Gasteiger partial charge is 0.504 e. The minimum Gasteiger partial charge on any atom is -0.504 e. The van der Waals surface area contributed by atoms with E-state index >= 15 is 0 Å². The summed E-state index contributed by atoms with van der Waals surface area (Å²) in [6, 6.07) is -0.0260. The number of sulfone groups is 1. The number of hydrogen-bond donors (Lipinski definition) is 1. The first-order chi connectivity index (χ1) is 6.99. The van der Waals surface area contributed by atoms with Crippen LogP contribution in [0.2, 0.25) is 5.15 Å². The lowest BCUT2D eigenvalue weighted by Gasteiger charge is -2.22. The van der Waals surface area contributed by atoms with Crippen LogP contribution in [0.4, 0.5) is 0 Å². The minimum absolute atomic E-state index is 0.0260. The summed E-state index contributed by atoms with van der Waals surface area (Å²) in [5, 5.41) is 13.3. The lowest BCUT2D eigenvalue weighted by atomic mass is 10.2. The molecule has 1 fully saturated rings. The molecule has 5 nitrogen and oxygen atoms in total. The second-order valence-corrected chi connectivity index (χ2v) is 6.31. The molecule has 0 radical (unpaired) electrons. The molecular formula is C8H11ClN2O3S. The molecule has 1 aromatic rings. The minimum atomic E-state index is -2.88. The van der Waals surface area contributed by atoms with Crippen molar-refractivity contribution in [2.24, 2.45) is 0 Å². The quantitative estimate of drug-likeness (QED) is 0.807. The van der Waals surface area contributed by atoms with Crippen LogP contribution in [0.3, 0.4) is 0 Å². The van der Waals surface area contributed by atoms with Crippen molar-refractivity contribution in [3.8, 4) is 5.75 Å². The van der Waals surface area contributed by atoms with Crippen molar-refractivity contribution in [3.05, 3.63) is 11.3 Å². The number of nitrogens with zero attached hydrogens (tertiary/aromatic N) is 2. The van der Waals surface area contributed by atoms with Crippen LogP contribution in [0.5, 0.6) is 5.75 Å². The Hall–Kier alpha value is -0.750. The summed E-state index contributed by atoms with van der Waals surface area (Å²) in [4.78, 5) is 0. The predicted molar refractivity (Wildman–Crippen MR) is 55.8 cm³/mol. The molecule has 1 saturated heterocycles. The van der Waals surface area contributed by atoms with Crippen molar-refractivity contribution in [1.29, 1.82) is 0 Å². The first kappa shape index (κ1) is 10.8. The van der Waals surface area contributed by atoms with Gasteiger partial charge in [-0.15, -0.1) is 0 Å². The van der Waals surface area contributed by atoms with E-state index in [2.05, 4.69) is 5.10 Å². The van der Waals surface area contributed by atoms with Crippen LogP contribution < -0.4 is 0 Å². The zero-order chi connectivity index (χ0) is 11.1. The number of rotatable bonds is 1. The van der Waals surface area contributed by atoms with Gasteiger partial charge in [0.2, 0.25) is 0 Å². The zero-order valence-corrected chi connectivity index (χ0v) is 9.50. The lowest BCUT2D eigenvalue weighted by molar-refractivity contribution is 0.410. The van der Waals surface area contributed by atoms with Gasteiger partial charge < -0.3 is 5.11 Å². The maximum absolute atomic E-state index is 11.2. The average molecular weight is 251 g/mol. The van der Waals surface area contributed by atoms with E-state index in [1.165, 1.54) is 10.9 Å². The number of aromatic hydroxyl groups is 1. The lowest BCUT2D eigenvalue weighted by Crippen LogP contribution is -2.26. The van der Waals surface area contributed by atoms with Crippen molar-refractivity contribution >= 4 is 21.4 Å². The van der Waals surface area contributed by atoms with E-state index in [0.29, 0.717) is 12.8 Å². The Morgan fingerprint density at radius 2 is 2.07 bits per heavy atom. The molecule has 7 heteroatoms. The topological polar surface area (TPSA) is 72.2 Å². The highest BCUT2D eigenvalue weighted by Gasteiger charge is 2.26. The van der Waals surface area contributed by atoms with Crippen molar-refractivity contribution in [1.82, 2.24) is 9.78 Å². The van der Waals surface area contributed by atoms with E-state index in [1.807, 2.05) is 0 Å². The smallest absolute Gasteiger partial charge is 0.173 e. The molecule has 0 aromatic carbocycles. The molecule has 15 heavy (non-hydrogen) atoms. The molecule has 0 bridgehead atoms. The monoisotopic (exact) mass is 250 g/mol. The normalized spacial score (nSPS) is 21.7. The second kappa shape index (κ2) is 3.68. The predicted octanol–water partition coefficient (Wildman–Crippen LogP) is 0.992. The van der Waals surface area contributed by atoms with Crippen LogP contribution in [0.15, 0.2) is 6.20 Å². The summed E-state index contributed by atoms with van der Waals surface area (Å²) in [5.74, 6) is 0.258. The molecule has 1 aliphatic rings. The summed E-state index contributed by atoms with van der Waals surface area (Å²) in [7, 11) is -2.88. The fourth-order valence-electron chi connectivity index (χ4n) is 1.71. The van der Waals surface area contributed by atoms with Gasteiger partial charge in [0.1, 0.15) is 9.84 Å². The maximum atomic E-state index is 11.2. The molecule has 0 amide bonds. The standard InChI is InChI=1S/C8H11ClN2O3S/c9-8-7(12)5-10-11(8)6-1-3-15(13,14)4-2-6/h5-6,12H,1-4H2. The molecule has 0 atom stereocenters. The molecule has 2 heterocycles. The van der Waals surface area contributed by atoms with Crippen molar-refractivity contribution in [2.45, 2.75) is 18.9 Å². The first-order valence-corrected chi connectivity index (χ1v) is 6.82. The Bertz CT molecular complexity index is 454. The maximum Gasteiger partial charge on any atom is 0.173 e. The number of halogens is 1. The molecule has 84 valence electrons. The third-order valence-corrected chi connectivity index (χ3v) is 4.67. The molecule has 1 N–H and O–H groups in total. The van der Waals surface area contributed by atoms with Gasteiger partial charge in [0.05, 0.1) is 23.7 Å². The van der Waals surface area contributed by atoms with Gasteiger partial charge in [0, 0.05) is 0 Å². The molecular weight excluding hydrogens is 240 g/mol. The molecule has 1 aliphatic heterocycles. The molecule has 1 aromatic heterocycles. The summed E-state index contributed by atoms with van der Waals surface area (Å²) in [5.41, 5.74) is 0. The summed E-state index contributed by atoms with van der Waals surface area (Å²) in [6.07, 6.45) is 2.28. The molecule has 2 rings (SSSR count). The van der Waals surface area contributed by atoms with Crippen LogP contribution in [0.1, 0.15) is 18.9 Å². The Labute approximate surface area is 92.6 Å². The molecule has 0 spiro atoms. The molecule has 0 aliphatic carbocycles. The van der Waals surface area contributed by atoms with Crippen LogP contribution in [-0.2, 0) is 9.84 Å². The van der Waals surface area contributed by atoms with Gasteiger partial charge >= 0.3 is 0 Å². The zero-order valence-electron chi connectivity index (χ0n) is 7.93. The van der Waals surface area contributed by atoms with Gasteiger partial charge in [-0.25, -0.2) is 13.1 Å². The fourth-order valence-corrected chi connectivity index (χ4v) is 3.41. The van der Waals surface area contributed by atoms with E-state index in [9.17, 15) is 13.5 Å². The highest BCUT2D eigenvalue weighted by atomic mass is 35.5. The first-order valence-electron chi connectivity index (χ1n) is 4.62. The van der Waals surface area contributed by atoms with E-state index in [-0.39, 0.29) is 28.5 Å². The third-order valence-electron chi connectivity index (χ3n) is 2.59. The van der Waals surface area contributed by atoms with E-state index in [0.717, 1.165) is 0 Å². The molecule has 0 saturated carbocycles. The Morgan fingerprint density at radius 3 is 2.53 bits per heavy atom. The van der Waals surface area contributed by atoms with Gasteiger partial charge in [-0.05, 0) is 12.8 Å². The van der Waals surface area contributed by atoms with Crippen LogP contribution in [-0.4, -0.2) is 34.8 Å². The molecule has 0 unspecified atom stereocenters. The van der Waals surface area contributed by atoms with Gasteiger partial charge in [-0.2, -0.15) is 5.10 Å². The van der Waals surface area contributed by atoms with Gasteiger partial charge in [0.15, 0.2) is 10.9 Å². The van der Waals surface area contributed by atoms with Gasteiger partial charge in [-0.3, -0.25) is 0 Å². The van der Waals surface area contributed by atoms with Crippen LogP contribution >= 0.6 is 11.6 Å². The van der Waals surface area contributed by atoms with Crippen molar-refractivity contribution in [2.75, 3.05) is 11.5 Å². The summed E-state index contributed by atoms with van der Waals surface area (Å²) >= 11 is 5.81. The van der Waals surface area contributed by atoms with Crippen molar-refractivity contribution in [3.63, 3.8) is 0 Å². The van der Waals surface area contributed by atoms with Gasteiger partial charge in [-0.1, -0.05) is 11.6 Å². The number of aromatic nitrogens is 2. The highest BCUT2D eigenvalue weighted by molar-refractivity contribution is 7.91. The second-order valence-electron chi connectivity index (χ2n) is 3.65. The van der Waals surface area contributed by atoms with Gasteiger partial charge in [0.25, 0.3) is 0 Å². The third kappa shape index (κ3) is 2.10. The van der Waals surface area contributed by atoms with Crippen LogP contribution in [0, 0.1) is 0 Å². The summed E-state index contributed by atoms with van der Waals surface area (Å²) in [6.45, 7) is 0. The Balaban J connectivity index is 2.18. The van der Waals surface area contributed by atoms with E-state index < -0.39 is 9.84 Å². The average Bonchev–Trinajstić information content (AvgIpc) is 2.49. The van der Waals surface area contributed by atoms with Crippen molar-refractivity contribution < 1.29 is 13.5 Å². The van der Waals surface area contributed by atoms with E-state index in [4.69, 9.17) is 11.6 Å². The Morgan fingerprint density at radius 1 is 1.47 bits per heavy atom. The fraction of sp³-hybridized carbons (Fsp3) is 0.625. The summed E-state index contributed by atoms with van der Waals surface area (Å²) < 4.78 is 23.9. The van der Waals surface area contributed by atoms with E-state index in [1.54, 1.807) is 0 Å². The highest BCUT2D eigenvalue weighted by Crippen LogP contribution is 2.30.